The van der Waals surface area contributed by atoms with Crippen LogP contribution in [0.15, 0.2) is 24.3 Å². The molecule has 1 rings (SSSR count). The largest absolute Gasteiger partial charge is 0.462 e. The zero-order chi connectivity index (χ0) is 34.5. The van der Waals surface area contributed by atoms with Gasteiger partial charge in [0.1, 0.15) is 12.4 Å². The summed E-state index contributed by atoms with van der Waals surface area (Å²) in [7, 11) is 0. The van der Waals surface area contributed by atoms with Crippen molar-refractivity contribution in [3.05, 3.63) is 24.3 Å². The van der Waals surface area contributed by atoms with E-state index < -0.39 is 36.8 Å². The molecule has 1 saturated carbocycles. The van der Waals surface area contributed by atoms with Crippen molar-refractivity contribution in [2.75, 3.05) is 13.2 Å². The van der Waals surface area contributed by atoms with Gasteiger partial charge in [-0.3, -0.25) is 14.4 Å². The zero-order valence-electron chi connectivity index (χ0n) is 29.8. The molecule has 0 amide bonds. The van der Waals surface area contributed by atoms with E-state index in [9.17, 15) is 29.7 Å². The van der Waals surface area contributed by atoms with Crippen molar-refractivity contribution in [3.8, 4) is 0 Å². The fourth-order valence-corrected chi connectivity index (χ4v) is 6.12. The Balaban J connectivity index is 2.14. The molecule has 0 aliphatic heterocycles. The number of carbonyl (C=O) groups excluding carboxylic acids is 3. The SMILES string of the molecule is CCCCCCCCCCCCCCCC(=O)O[C@@H](CO)COC(=O)CCC/C=C\C[C@H]1[C@@H](O)CC(=O)[C@@H]1/C=C/[C@@H](O)CCCCC. The highest BCUT2D eigenvalue weighted by Crippen LogP contribution is 2.33. The quantitative estimate of drug-likeness (QED) is 0.0399. The number of hydrogen-bond acceptors (Lipinski definition) is 8. The van der Waals surface area contributed by atoms with E-state index in [0.717, 1.165) is 38.5 Å². The van der Waals surface area contributed by atoms with Crippen molar-refractivity contribution in [2.45, 2.75) is 180 Å². The molecule has 0 unspecified atom stereocenters. The van der Waals surface area contributed by atoms with E-state index in [1.54, 1.807) is 12.2 Å². The number of carbonyl (C=O) groups is 3. The number of esters is 2. The summed E-state index contributed by atoms with van der Waals surface area (Å²) >= 11 is 0. The van der Waals surface area contributed by atoms with Crippen LogP contribution in [0.2, 0.25) is 0 Å². The van der Waals surface area contributed by atoms with Gasteiger partial charge < -0.3 is 24.8 Å². The summed E-state index contributed by atoms with van der Waals surface area (Å²) in [6, 6.07) is 0. The summed E-state index contributed by atoms with van der Waals surface area (Å²) in [5, 5.41) is 30.1. The molecule has 47 heavy (non-hydrogen) atoms. The van der Waals surface area contributed by atoms with Gasteiger partial charge in [0.15, 0.2) is 6.10 Å². The molecule has 0 aromatic carbocycles. The summed E-state index contributed by atoms with van der Waals surface area (Å²) in [6.45, 7) is 3.80. The van der Waals surface area contributed by atoms with E-state index >= 15 is 0 Å². The second kappa shape index (κ2) is 28.9. The zero-order valence-corrected chi connectivity index (χ0v) is 29.8. The van der Waals surface area contributed by atoms with E-state index in [-0.39, 0.29) is 37.1 Å². The Hall–Kier alpha value is -2.03. The van der Waals surface area contributed by atoms with Crippen LogP contribution in [0.4, 0.5) is 0 Å². The molecule has 3 N–H and O–H groups in total. The molecule has 8 heteroatoms. The molecular formula is C39H68O8. The summed E-state index contributed by atoms with van der Waals surface area (Å²) < 4.78 is 10.5. The van der Waals surface area contributed by atoms with Gasteiger partial charge >= 0.3 is 11.9 Å². The Kier molecular flexibility index (Phi) is 26.5. The number of aliphatic hydroxyl groups excluding tert-OH is 3. The van der Waals surface area contributed by atoms with E-state index in [1.807, 2.05) is 12.2 Å². The van der Waals surface area contributed by atoms with Crippen LogP contribution in [0.1, 0.15) is 162 Å². The molecule has 272 valence electrons. The van der Waals surface area contributed by atoms with Crippen molar-refractivity contribution in [1.82, 2.24) is 0 Å². The highest BCUT2D eigenvalue weighted by atomic mass is 16.6. The van der Waals surface area contributed by atoms with Gasteiger partial charge in [-0.25, -0.2) is 0 Å². The third-order valence-corrected chi connectivity index (χ3v) is 9.12. The minimum atomic E-state index is -0.853. The lowest BCUT2D eigenvalue weighted by atomic mass is 9.90. The Morgan fingerprint density at radius 3 is 2.00 bits per heavy atom. The summed E-state index contributed by atoms with van der Waals surface area (Å²) in [5.74, 6) is -1.40. The average Bonchev–Trinajstić information content (AvgIpc) is 3.32. The molecule has 1 aliphatic rings. The van der Waals surface area contributed by atoms with Gasteiger partial charge in [-0.1, -0.05) is 134 Å². The Morgan fingerprint density at radius 2 is 1.38 bits per heavy atom. The molecule has 0 radical (unpaired) electrons. The lowest BCUT2D eigenvalue weighted by Gasteiger charge is -2.17. The number of unbranched alkanes of at least 4 members (excludes halogenated alkanes) is 15. The summed E-state index contributed by atoms with van der Waals surface area (Å²) in [5.41, 5.74) is 0. The summed E-state index contributed by atoms with van der Waals surface area (Å²) in [4.78, 5) is 36.7. The number of aliphatic hydroxyl groups is 3. The van der Waals surface area contributed by atoms with Crippen LogP contribution < -0.4 is 0 Å². The van der Waals surface area contributed by atoms with E-state index in [0.29, 0.717) is 32.1 Å². The first-order valence-corrected chi connectivity index (χ1v) is 19.0. The minimum Gasteiger partial charge on any atom is -0.462 e. The lowest BCUT2D eigenvalue weighted by Crippen LogP contribution is -2.28. The monoisotopic (exact) mass is 664 g/mol. The number of rotatable bonds is 30. The van der Waals surface area contributed by atoms with Crippen molar-refractivity contribution in [1.29, 1.82) is 0 Å². The van der Waals surface area contributed by atoms with Crippen LogP contribution in [0, 0.1) is 11.8 Å². The Morgan fingerprint density at radius 1 is 0.809 bits per heavy atom. The molecule has 0 bridgehead atoms. The molecule has 0 saturated heterocycles. The molecule has 0 aromatic heterocycles. The van der Waals surface area contributed by atoms with Crippen molar-refractivity contribution in [3.63, 3.8) is 0 Å². The fourth-order valence-electron chi connectivity index (χ4n) is 6.12. The lowest BCUT2D eigenvalue weighted by molar-refractivity contribution is -0.161. The first kappa shape index (κ1) is 43.0. The first-order chi connectivity index (χ1) is 22.8. The number of ether oxygens (including phenoxy) is 2. The third-order valence-electron chi connectivity index (χ3n) is 9.12. The average molecular weight is 665 g/mol. The highest BCUT2D eigenvalue weighted by Gasteiger charge is 2.39. The Bertz CT molecular complexity index is 869. The van der Waals surface area contributed by atoms with Gasteiger partial charge in [-0.2, -0.15) is 0 Å². The van der Waals surface area contributed by atoms with Crippen LogP contribution in [-0.4, -0.2) is 64.6 Å². The first-order valence-electron chi connectivity index (χ1n) is 19.0. The van der Waals surface area contributed by atoms with Gasteiger partial charge in [-0.15, -0.1) is 0 Å². The van der Waals surface area contributed by atoms with Crippen LogP contribution in [0.5, 0.6) is 0 Å². The molecule has 5 atom stereocenters. The molecule has 8 nitrogen and oxygen atoms in total. The minimum absolute atomic E-state index is 0.00195. The highest BCUT2D eigenvalue weighted by molar-refractivity contribution is 5.86. The third kappa shape index (κ3) is 22.3. The Labute approximate surface area is 285 Å². The van der Waals surface area contributed by atoms with Crippen molar-refractivity contribution >= 4 is 17.7 Å². The molecule has 1 aliphatic carbocycles. The molecule has 0 spiro atoms. The number of Topliss-reactive ketones (excluding diaryl/α,β-unsaturated/α-hetero) is 1. The smallest absolute Gasteiger partial charge is 0.306 e. The second-order valence-corrected chi connectivity index (χ2v) is 13.4. The van der Waals surface area contributed by atoms with E-state index in [2.05, 4.69) is 13.8 Å². The van der Waals surface area contributed by atoms with Gasteiger partial charge in [-0.05, 0) is 32.1 Å². The van der Waals surface area contributed by atoms with Gasteiger partial charge in [0.2, 0.25) is 0 Å². The predicted octanol–water partition coefficient (Wildman–Crippen LogP) is 8.10. The van der Waals surface area contributed by atoms with E-state index in [1.165, 1.54) is 64.2 Å². The standard InChI is InChI=1S/C39H68O8/c1-3-5-7-8-9-10-11-12-13-14-15-16-22-26-39(45)47-33(30-40)31-46-38(44)25-21-18-17-20-24-34-35(37(43)29-36(34)42)28-27-32(41)23-19-6-4-2/h17,20,27-28,32-36,40-42H,3-16,18-19,21-26,29-31H2,1-2H3/b20-17-,28-27+/t32-,33-,34+,35+,36-/m0/s1. The maximum atomic E-state index is 12.4. The molecule has 1 fully saturated rings. The van der Waals surface area contributed by atoms with Gasteiger partial charge in [0.25, 0.3) is 0 Å². The predicted molar refractivity (Wildman–Crippen MR) is 188 cm³/mol. The molecule has 0 aromatic rings. The van der Waals surface area contributed by atoms with Crippen molar-refractivity contribution < 1.29 is 39.2 Å². The fraction of sp³-hybridized carbons (Fsp3) is 0.821. The second-order valence-electron chi connectivity index (χ2n) is 13.4. The van der Waals surface area contributed by atoms with Crippen LogP contribution in [0.3, 0.4) is 0 Å². The maximum absolute atomic E-state index is 12.4. The number of allylic oxidation sites excluding steroid dienone is 3. The topological polar surface area (TPSA) is 130 Å². The van der Waals surface area contributed by atoms with E-state index in [4.69, 9.17) is 9.47 Å². The number of ketones is 1. The maximum Gasteiger partial charge on any atom is 0.306 e. The van der Waals surface area contributed by atoms with Gasteiger partial charge in [0.05, 0.1) is 18.8 Å². The normalized spacial score (nSPS) is 19.5. The van der Waals surface area contributed by atoms with Crippen LogP contribution >= 0.6 is 0 Å². The summed E-state index contributed by atoms with van der Waals surface area (Å²) in [6.07, 6.45) is 27.4. The molecular weight excluding hydrogens is 596 g/mol. The van der Waals surface area contributed by atoms with Crippen LogP contribution in [0.25, 0.3) is 0 Å². The number of hydrogen-bond donors (Lipinski definition) is 3. The van der Waals surface area contributed by atoms with Crippen molar-refractivity contribution in [2.24, 2.45) is 11.8 Å². The van der Waals surface area contributed by atoms with Gasteiger partial charge in [0, 0.05) is 31.1 Å². The molecule has 0 heterocycles. The van der Waals surface area contributed by atoms with Crippen LogP contribution in [-0.2, 0) is 23.9 Å².